The average Bonchev–Trinajstić information content (AvgIpc) is 2.50. The average molecular weight is 204 g/mol. The number of carbonyl (C=O) groups is 1. The summed E-state index contributed by atoms with van der Waals surface area (Å²) < 4.78 is 0. The lowest BCUT2D eigenvalue weighted by Crippen LogP contribution is -1.98. The summed E-state index contributed by atoms with van der Waals surface area (Å²) in [4.78, 5) is 13.8. The van der Waals surface area contributed by atoms with Crippen molar-refractivity contribution < 1.29 is 9.90 Å². The van der Waals surface area contributed by atoms with E-state index in [0.717, 1.165) is 22.0 Å². The third kappa shape index (κ3) is 1.26. The molecule has 0 saturated carbocycles. The minimum absolute atomic E-state index is 0.235. The number of nitrogens with two attached hydrogens (primary N) is 1. The summed E-state index contributed by atoms with van der Waals surface area (Å²) in [7, 11) is 0. The van der Waals surface area contributed by atoms with Crippen molar-refractivity contribution in [2.75, 3.05) is 5.73 Å². The van der Waals surface area contributed by atoms with Crippen LogP contribution in [0, 0.1) is 13.8 Å². The fourth-order valence-electron chi connectivity index (χ4n) is 1.88. The normalized spacial score (nSPS) is 10.8. The van der Waals surface area contributed by atoms with Crippen molar-refractivity contribution in [1.82, 2.24) is 4.98 Å². The molecule has 0 unspecified atom stereocenters. The standard InChI is InChI=1S/C11H12N2O2/c1-5-7(12)3-4-8-9(5)6(2)10(13-8)11(14)15/h3-4,13H,12H2,1-2H3,(H,14,15). The Hall–Kier alpha value is -1.97. The highest BCUT2D eigenvalue weighted by Gasteiger charge is 2.15. The van der Waals surface area contributed by atoms with Crippen LogP contribution in [0.5, 0.6) is 0 Å². The molecule has 0 aliphatic heterocycles. The van der Waals surface area contributed by atoms with E-state index in [9.17, 15) is 4.79 Å². The largest absolute Gasteiger partial charge is 0.477 e. The molecule has 1 aromatic heterocycles. The minimum atomic E-state index is -0.943. The molecule has 2 aromatic rings. The van der Waals surface area contributed by atoms with E-state index < -0.39 is 5.97 Å². The molecule has 0 spiro atoms. The Labute approximate surface area is 86.7 Å². The van der Waals surface area contributed by atoms with Gasteiger partial charge in [0.2, 0.25) is 0 Å². The molecule has 1 heterocycles. The van der Waals surface area contributed by atoms with Crippen LogP contribution < -0.4 is 5.73 Å². The first-order chi connectivity index (χ1) is 7.02. The smallest absolute Gasteiger partial charge is 0.352 e. The zero-order chi connectivity index (χ0) is 11.2. The number of H-pyrrole nitrogens is 1. The van der Waals surface area contributed by atoms with Crippen molar-refractivity contribution in [2.45, 2.75) is 13.8 Å². The molecule has 0 amide bonds. The number of benzene rings is 1. The number of carboxylic acids is 1. The van der Waals surface area contributed by atoms with Gasteiger partial charge in [-0.05, 0) is 37.1 Å². The molecule has 0 aliphatic rings. The van der Waals surface area contributed by atoms with Crippen LogP contribution in [0.15, 0.2) is 12.1 Å². The fourth-order valence-corrected chi connectivity index (χ4v) is 1.88. The van der Waals surface area contributed by atoms with E-state index in [-0.39, 0.29) is 5.69 Å². The van der Waals surface area contributed by atoms with Gasteiger partial charge in [0.25, 0.3) is 0 Å². The Morgan fingerprint density at radius 3 is 2.60 bits per heavy atom. The summed E-state index contributed by atoms with van der Waals surface area (Å²) in [5.74, 6) is -0.943. The van der Waals surface area contributed by atoms with Gasteiger partial charge in [-0.25, -0.2) is 4.79 Å². The molecular weight excluding hydrogens is 192 g/mol. The molecule has 4 N–H and O–H groups in total. The highest BCUT2D eigenvalue weighted by Crippen LogP contribution is 2.28. The van der Waals surface area contributed by atoms with Gasteiger partial charge in [0.05, 0.1) is 0 Å². The Kier molecular flexibility index (Phi) is 1.93. The maximum Gasteiger partial charge on any atom is 0.352 e. The van der Waals surface area contributed by atoms with Crippen molar-refractivity contribution >= 4 is 22.6 Å². The molecule has 0 saturated heterocycles. The Morgan fingerprint density at radius 1 is 1.33 bits per heavy atom. The number of hydrogen-bond acceptors (Lipinski definition) is 2. The SMILES string of the molecule is Cc1c(N)ccc2[nH]c(C(=O)O)c(C)c12. The summed E-state index contributed by atoms with van der Waals surface area (Å²) in [6.45, 7) is 3.68. The number of nitrogen functional groups attached to an aromatic ring is 1. The predicted octanol–water partition coefficient (Wildman–Crippen LogP) is 2.07. The summed E-state index contributed by atoms with van der Waals surface area (Å²) >= 11 is 0. The van der Waals surface area contributed by atoms with Gasteiger partial charge < -0.3 is 15.8 Å². The third-order valence-corrected chi connectivity index (χ3v) is 2.73. The second-order valence-corrected chi connectivity index (χ2v) is 3.63. The van der Waals surface area contributed by atoms with Gasteiger partial charge in [-0.15, -0.1) is 0 Å². The number of aromatic nitrogens is 1. The molecule has 0 aliphatic carbocycles. The first-order valence-electron chi connectivity index (χ1n) is 4.63. The monoisotopic (exact) mass is 204 g/mol. The molecule has 2 rings (SSSR count). The number of aromatic carboxylic acids is 1. The number of fused-ring (bicyclic) bond motifs is 1. The van der Waals surface area contributed by atoms with Crippen LogP contribution in [0.3, 0.4) is 0 Å². The van der Waals surface area contributed by atoms with E-state index in [1.165, 1.54) is 0 Å². The first-order valence-corrected chi connectivity index (χ1v) is 4.63. The van der Waals surface area contributed by atoms with Gasteiger partial charge in [0.15, 0.2) is 0 Å². The van der Waals surface area contributed by atoms with Crippen molar-refractivity contribution in [2.24, 2.45) is 0 Å². The second kappa shape index (κ2) is 3.02. The van der Waals surface area contributed by atoms with Crippen LogP contribution in [0.4, 0.5) is 5.69 Å². The number of rotatable bonds is 1. The number of hydrogen-bond donors (Lipinski definition) is 3. The van der Waals surface area contributed by atoms with Crippen LogP contribution in [0.2, 0.25) is 0 Å². The first kappa shape index (κ1) is 9.58. The summed E-state index contributed by atoms with van der Waals surface area (Å²) in [6, 6.07) is 3.58. The molecular formula is C11H12N2O2. The molecule has 4 nitrogen and oxygen atoms in total. The van der Waals surface area contributed by atoms with E-state index in [1.54, 1.807) is 19.1 Å². The topological polar surface area (TPSA) is 79.1 Å². The number of aryl methyl sites for hydroxylation is 2. The fraction of sp³-hybridized carbons (Fsp3) is 0.182. The molecule has 4 heteroatoms. The highest BCUT2D eigenvalue weighted by molar-refractivity contribution is 5.99. The second-order valence-electron chi connectivity index (χ2n) is 3.63. The van der Waals surface area contributed by atoms with Crippen molar-refractivity contribution in [3.8, 4) is 0 Å². The minimum Gasteiger partial charge on any atom is -0.477 e. The van der Waals surface area contributed by atoms with E-state index in [0.29, 0.717) is 5.69 Å². The molecule has 1 aromatic carbocycles. The van der Waals surface area contributed by atoms with Crippen molar-refractivity contribution in [3.05, 3.63) is 29.0 Å². The molecule has 0 fully saturated rings. The van der Waals surface area contributed by atoms with Gasteiger partial charge in [0.1, 0.15) is 5.69 Å². The predicted molar refractivity (Wildman–Crippen MR) is 59.1 cm³/mol. The molecule has 0 bridgehead atoms. The third-order valence-electron chi connectivity index (χ3n) is 2.73. The van der Waals surface area contributed by atoms with Gasteiger partial charge in [-0.1, -0.05) is 0 Å². The summed E-state index contributed by atoms with van der Waals surface area (Å²) in [6.07, 6.45) is 0. The van der Waals surface area contributed by atoms with Crippen molar-refractivity contribution in [1.29, 1.82) is 0 Å². The van der Waals surface area contributed by atoms with E-state index in [2.05, 4.69) is 4.98 Å². The van der Waals surface area contributed by atoms with Gasteiger partial charge >= 0.3 is 5.97 Å². The lowest BCUT2D eigenvalue weighted by Gasteiger charge is -2.01. The molecule has 78 valence electrons. The van der Waals surface area contributed by atoms with E-state index in [1.807, 2.05) is 6.92 Å². The summed E-state index contributed by atoms with van der Waals surface area (Å²) in [5, 5.41) is 9.87. The van der Waals surface area contributed by atoms with Gasteiger partial charge in [0, 0.05) is 16.6 Å². The molecule has 0 atom stereocenters. The van der Waals surface area contributed by atoms with Crippen LogP contribution in [0.25, 0.3) is 10.9 Å². The maximum atomic E-state index is 10.9. The number of aromatic amines is 1. The van der Waals surface area contributed by atoms with Crippen LogP contribution in [-0.2, 0) is 0 Å². The number of carboxylic acid groups (broad SMARTS) is 1. The Bertz CT molecular complexity index is 555. The molecule has 15 heavy (non-hydrogen) atoms. The number of anilines is 1. The van der Waals surface area contributed by atoms with Gasteiger partial charge in [-0.2, -0.15) is 0 Å². The van der Waals surface area contributed by atoms with Crippen LogP contribution in [-0.4, -0.2) is 16.1 Å². The zero-order valence-electron chi connectivity index (χ0n) is 8.59. The maximum absolute atomic E-state index is 10.9. The van der Waals surface area contributed by atoms with E-state index >= 15 is 0 Å². The lowest BCUT2D eigenvalue weighted by molar-refractivity contribution is 0.0691. The Balaban J connectivity index is 2.89. The van der Waals surface area contributed by atoms with Crippen LogP contribution >= 0.6 is 0 Å². The Morgan fingerprint density at radius 2 is 2.00 bits per heavy atom. The van der Waals surface area contributed by atoms with Crippen molar-refractivity contribution in [3.63, 3.8) is 0 Å². The van der Waals surface area contributed by atoms with Gasteiger partial charge in [-0.3, -0.25) is 0 Å². The van der Waals surface area contributed by atoms with E-state index in [4.69, 9.17) is 10.8 Å². The summed E-state index contributed by atoms with van der Waals surface area (Å²) in [5.41, 5.74) is 9.18. The quantitative estimate of drug-likeness (QED) is 0.622. The lowest BCUT2D eigenvalue weighted by atomic mass is 10.1. The number of nitrogens with one attached hydrogen (secondary N) is 1. The molecule has 0 radical (unpaired) electrons. The van der Waals surface area contributed by atoms with Crippen LogP contribution in [0.1, 0.15) is 21.6 Å². The zero-order valence-corrected chi connectivity index (χ0v) is 8.59. The highest BCUT2D eigenvalue weighted by atomic mass is 16.4.